The Labute approximate surface area is 227 Å². The van der Waals surface area contributed by atoms with Crippen LogP contribution in [0.2, 0.25) is 0 Å². The molecule has 1 N–H and O–H groups in total. The summed E-state index contributed by atoms with van der Waals surface area (Å²) in [5.41, 5.74) is 3.46. The molecule has 0 aliphatic carbocycles. The number of fused-ring (bicyclic) bond motifs is 1. The second-order valence-electron chi connectivity index (χ2n) is 10.3. The van der Waals surface area contributed by atoms with Crippen LogP contribution in [0.15, 0.2) is 29.2 Å². The SMILES string of the molecule is C=O.CCCCCCCc1c(CCCCCCC)c(S(=O)(=O)O)c2ccccc2c1CCCCCCC. The second-order valence-corrected chi connectivity index (χ2v) is 11.6. The first kappa shape index (κ1) is 33.3. The van der Waals surface area contributed by atoms with E-state index in [0.29, 0.717) is 5.39 Å². The highest BCUT2D eigenvalue weighted by Crippen LogP contribution is 2.37. The normalized spacial score (nSPS) is 11.5. The molecular weight excluding hydrogens is 480 g/mol. The molecule has 2 aromatic carbocycles. The average Bonchev–Trinajstić information content (AvgIpc) is 2.89. The maximum Gasteiger partial charge on any atom is 0.295 e. The number of carbonyl (C=O) groups excluding carboxylic acids is 1. The van der Waals surface area contributed by atoms with Gasteiger partial charge in [-0.3, -0.25) is 4.55 Å². The first-order valence-corrected chi connectivity index (χ1v) is 16.2. The van der Waals surface area contributed by atoms with E-state index in [9.17, 15) is 13.0 Å². The molecular formula is C32H52O4S. The molecule has 0 saturated heterocycles. The molecule has 0 radical (unpaired) electrons. The van der Waals surface area contributed by atoms with Crippen molar-refractivity contribution in [1.82, 2.24) is 0 Å². The third kappa shape index (κ3) is 11.3. The molecule has 0 heterocycles. The van der Waals surface area contributed by atoms with Crippen molar-refractivity contribution in [2.75, 3.05) is 0 Å². The Morgan fingerprint density at radius 2 is 0.946 bits per heavy atom. The van der Waals surface area contributed by atoms with Gasteiger partial charge in [-0.1, -0.05) is 122 Å². The quantitative estimate of drug-likeness (QED) is 0.144. The van der Waals surface area contributed by atoms with Crippen molar-refractivity contribution >= 4 is 27.7 Å². The highest BCUT2D eigenvalue weighted by molar-refractivity contribution is 7.86. The largest absolute Gasteiger partial charge is 0.307 e. The van der Waals surface area contributed by atoms with Crippen LogP contribution in [-0.4, -0.2) is 19.8 Å². The maximum absolute atomic E-state index is 12.8. The van der Waals surface area contributed by atoms with Gasteiger partial charge in [0.15, 0.2) is 0 Å². The molecule has 0 atom stereocenters. The van der Waals surface area contributed by atoms with Crippen molar-refractivity contribution in [3.63, 3.8) is 0 Å². The van der Waals surface area contributed by atoms with Gasteiger partial charge >= 0.3 is 0 Å². The van der Waals surface area contributed by atoms with E-state index in [0.717, 1.165) is 55.9 Å². The van der Waals surface area contributed by atoms with Gasteiger partial charge in [0.05, 0.1) is 0 Å². The third-order valence-electron chi connectivity index (χ3n) is 7.35. The maximum atomic E-state index is 12.8. The molecule has 2 rings (SSSR count). The molecule has 0 unspecified atom stereocenters. The molecule has 37 heavy (non-hydrogen) atoms. The summed E-state index contributed by atoms with van der Waals surface area (Å²) in [5.74, 6) is 0. The van der Waals surface area contributed by atoms with Crippen LogP contribution in [0.3, 0.4) is 0 Å². The number of aryl methyl sites for hydroxylation is 1. The monoisotopic (exact) mass is 532 g/mol. The molecule has 2 aromatic rings. The molecule has 0 bridgehead atoms. The summed E-state index contributed by atoms with van der Waals surface area (Å²) in [6.45, 7) is 8.68. The molecule has 210 valence electrons. The van der Waals surface area contributed by atoms with Crippen molar-refractivity contribution in [2.24, 2.45) is 0 Å². The fourth-order valence-electron chi connectivity index (χ4n) is 5.45. The Morgan fingerprint density at radius 3 is 1.38 bits per heavy atom. The number of benzene rings is 2. The van der Waals surface area contributed by atoms with E-state index in [4.69, 9.17) is 4.79 Å². The van der Waals surface area contributed by atoms with Crippen LogP contribution in [0.1, 0.15) is 134 Å². The van der Waals surface area contributed by atoms with Gasteiger partial charge < -0.3 is 4.79 Å². The highest BCUT2D eigenvalue weighted by atomic mass is 32.2. The summed E-state index contributed by atoms with van der Waals surface area (Å²) in [6.07, 6.45) is 20.4. The molecule has 0 aliphatic rings. The van der Waals surface area contributed by atoms with Crippen LogP contribution in [-0.2, 0) is 34.2 Å². The lowest BCUT2D eigenvalue weighted by molar-refractivity contribution is -0.0980. The van der Waals surface area contributed by atoms with E-state index >= 15 is 0 Å². The van der Waals surface area contributed by atoms with Crippen LogP contribution in [0, 0.1) is 0 Å². The zero-order valence-corrected chi connectivity index (χ0v) is 24.6. The van der Waals surface area contributed by atoms with Gasteiger partial charge in [-0.25, -0.2) is 0 Å². The number of rotatable bonds is 19. The van der Waals surface area contributed by atoms with Gasteiger partial charge in [-0.2, -0.15) is 8.42 Å². The molecule has 5 heteroatoms. The van der Waals surface area contributed by atoms with E-state index < -0.39 is 10.1 Å². The lowest BCUT2D eigenvalue weighted by Crippen LogP contribution is -2.12. The topological polar surface area (TPSA) is 71.4 Å². The minimum Gasteiger partial charge on any atom is -0.307 e. The summed E-state index contributed by atoms with van der Waals surface area (Å²) in [6, 6.07) is 7.87. The molecule has 0 fully saturated rings. The average molecular weight is 533 g/mol. The van der Waals surface area contributed by atoms with Gasteiger partial charge in [0, 0.05) is 5.39 Å². The number of carbonyl (C=O) groups is 1. The fourth-order valence-corrected chi connectivity index (χ4v) is 6.44. The molecule has 4 nitrogen and oxygen atoms in total. The first-order valence-electron chi connectivity index (χ1n) is 14.8. The van der Waals surface area contributed by atoms with E-state index in [-0.39, 0.29) is 4.90 Å². The summed E-state index contributed by atoms with van der Waals surface area (Å²) < 4.78 is 35.9. The van der Waals surface area contributed by atoms with Crippen molar-refractivity contribution < 1.29 is 17.8 Å². The smallest absolute Gasteiger partial charge is 0.295 e. The highest BCUT2D eigenvalue weighted by Gasteiger charge is 2.25. The molecule has 0 aliphatic heterocycles. The minimum absolute atomic E-state index is 0.182. The fraction of sp³-hybridized carbons (Fsp3) is 0.656. The van der Waals surface area contributed by atoms with Gasteiger partial charge in [0.25, 0.3) is 10.1 Å². The molecule has 0 spiro atoms. The summed E-state index contributed by atoms with van der Waals surface area (Å²) in [4.78, 5) is 8.18. The van der Waals surface area contributed by atoms with Crippen molar-refractivity contribution in [2.45, 2.75) is 141 Å². The Morgan fingerprint density at radius 1 is 0.568 bits per heavy atom. The molecule has 0 aromatic heterocycles. The zero-order valence-electron chi connectivity index (χ0n) is 23.8. The van der Waals surface area contributed by atoms with Gasteiger partial charge in [0.2, 0.25) is 0 Å². The lowest BCUT2D eigenvalue weighted by atomic mass is 9.86. The predicted octanol–water partition coefficient (Wildman–Crippen LogP) is 9.44. The molecule has 0 saturated carbocycles. The van der Waals surface area contributed by atoms with Crippen LogP contribution < -0.4 is 0 Å². The van der Waals surface area contributed by atoms with E-state index in [2.05, 4.69) is 26.8 Å². The van der Waals surface area contributed by atoms with Crippen molar-refractivity contribution in [1.29, 1.82) is 0 Å². The van der Waals surface area contributed by atoms with Crippen LogP contribution in [0.5, 0.6) is 0 Å². The Balaban J connectivity index is 0.00000334. The lowest BCUT2D eigenvalue weighted by Gasteiger charge is -2.22. The number of hydrogen-bond donors (Lipinski definition) is 1. The number of hydrogen-bond acceptors (Lipinski definition) is 3. The summed E-state index contributed by atoms with van der Waals surface area (Å²) in [5, 5.41) is 1.73. The summed E-state index contributed by atoms with van der Waals surface area (Å²) in [7, 11) is -4.32. The Kier molecular flexibility index (Phi) is 17.4. The Hall–Kier alpha value is -1.72. The van der Waals surface area contributed by atoms with Crippen LogP contribution in [0.25, 0.3) is 10.8 Å². The second kappa shape index (κ2) is 19.4. The Bertz CT molecular complexity index is 998. The van der Waals surface area contributed by atoms with Crippen molar-refractivity contribution in [3.8, 4) is 0 Å². The predicted molar refractivity (Wildman–Crippen MR) is 158 cm³/mol. The summed E-state index contributed by atoms with van der Waals surface area (Å²) >= 11 is 0. The van der Waals surface area contributed by atoms with Crippen LogP contribution in [0.4, 0.5) is 0 Å². The number of unbranched alkanes of at least 4 members (excludes halogenated alkanes) is 12. The van der Waals surface area contributed by atoms with E-state index in [1.54, 1.807) is 0 Å². The van der Waals surface area contributed by atoms with Crippen molar-refractivity contribution in [3.05, 3.63) is 41.0 Å². The minimum atomic E-state index is -4.32. The van der Waals surface area contributed by atoms with Gasteiger partial charge in [-0.05, 0) is 60.6 Å². The van der Waals surface area contributed by atoms with Gasteiger partial charge in [0.1, 0.15) is 11.7 Å². The van der Waals surface area contributed by atoms with E-state index in [1.807, 2.05) is 25.0 Å². The van der Waals surface area contributed by atoms with Gasteiger partial charge in [-0.15, -0.1) is 0 Å². The van der Waals surface area contributed by atoms with Crippen LogP contribution >= 0.6 is 0 Å². The van der Waals surface area contributed by atoms with E-state index in [1.165, 1.54) is 81.8 Å². The zero-order chi connectivity index (χ0) is 27.5. The first-order chi connectivity index (χ1) is 18.0. The standard InChI is InChI=1S/C31H50O3S.CH2O/c1-4-7-10-13-16-21-26-27(22-17-14-11-8-5-2)29(24-18-15-12-9-6-3)31(35(32,33)34)30-25-20-19-23-28(26)30;1-2/h19-20,23,25H,4-18,21-22,24H2,1-3H3,(H,32,33,34);1H2. The third-order valence-corrected chi connectivity index (χ3v) is 8.33. The molecule has 0 amide bonds.